The molecule has 0 radical (unpaired) electrons. The van der Waals surface area contributed by atoms with E-state index in [0.29, 0.717) is 12.2 Å². The third-order valence-corrected chi connectivity index (χ3v) is 7.38. The lowest BCUT2D eigenvalue weighted by molar-refractivity contribution is 0.0466. The lowest BCUT2D eigenvalue weighted by Gasteiger charge is -2.42. The Morgan fingerprint density at radius 1 is 0.939 bits per heavy atom. The van der Waals surface area contributed by atoms with Gasteiger partial charge in [0.25, 0.3) is 0 Å². The van der Waals surface area contributed by atoms with Crippen molar-refractivity contribution in [3.8, 4) is 0 Å². The van der Waals surface area contributed by atoms with Crippen molar-refractivity contribution >= 4 is 18.1 Å². The zero-order valence-corrected chi connectivity index (χ0v) is 21.6. The maximum absolute atomic E-state index is 12.3. The quantitative estimate of drug-likeness (QED) is 0.322. The summed E-state index contributed by atoms with van der Waals surface area (Å²) >= 11 is 0. The van der Waals surface area contributed by atoms with Crippen molar-refractivity contribution < 1.29 is 9.53 Å². The van der Waals surface area contributed by atoms with Gasteiger partial charge in [0, 0.05) is 6.54 Å². The summed E-state index contributed by atoms with van der Waals surface area (Å²) in [6.07, 6.45) is 6.77. The van der Waals surface area contributed by atoms with Crippen LogP contribution in [-0.2, 0) is 15.6 Å². The van der Waals surface area contributed by atoms with Crippen molar-refractivity contribution in [2.75, 3.05) is 26.2 Å². The van der Waals surface area contributed by atoms with E-state index in [1.54, 1.807) is 0 Å². The number of hydrogen-bond donors (Lipinski definition) is 0. The van der Waals surface area contributed by atoms with Crippen LogP contribution in [0.2, 0.25) is 0 Å². The molecule has 0 bridgehead atoms. The molecule has 3 nitrogen and oxygen atoms in total. The van der Waals surface area contributed by atoms with E-state index >= 15 is 0 Å². The van der Waals surface area contributed by atoms with Crippen LogP contribution in [-0.4, -0.2) is 37.1 Å². The molecule has 0 aromatic heterocycles. The smallest absolute Gasteiger partial charge is 0.338 e. The minimum absolute atomic E-state index is 0.203. The van der Waals surface area contributed by atoms with Gasteiger partial charge in [-0.2, -0.15) is 0 Å². The van der Waals surface area contributed by atoms with Gasteiger partial charge in [-0.3, -0.25) is 0 Å². The van der Waals surface area contributed by atoms with Gasteiger partial charge in [-0.25, -0.2) is 4.79 Å². The average molecular weight is 448 g/mol. The largest absolute Gasteiger partial charge is 0.461 e. The minimum Gasteiger partial charge on any atom is -0.461 e. The van der Waals surface area contributed by atoms with Crippen LogP contribution in [0.1, 0.15) is 92.6 Å². The van der Waals surface area contributed by atoms with Gasteiger partial charge in [-0.15, -0.1) is 0 Å². The fraction of sp³-hybridized carbons (Fsp3) is 0.500. The van der Waals surface area contributed by atoms with Crippen molar-refractivity contribution in [1.82, 2.24) is 4.90 Å². The second kappa shape index (κ2) is 10.3. The van der Waals surface area contributed by atoms with Crippen molar-refractivity contribution in [1.29, 1.82) is 0 Å². The van der Waals surface area contributed by atoms with Crippen LogP contribution >= 0.6 is 0 Å². The first-order chi connectivity index (χ1) is 15.6. The molecule has 0 heterocycles. The SMILES string of the molecule is CCN(CC)CCOC(=O)c1ccc(C=Cc2cc3c(cc2C)C(C)(C)CCC3(C)C)cc1. The number of benzene rings is 2. The summed E-state index contributed by atoms with van der Waals surface area (Å²) < 4.78 is 5.44. The molecule has 33 heavy (non-hydrogen) atoms. The number of nitrogens with zero attached hydrogens (tertiary/aromatic N) is 1. The maximum atomic E-state index is 12.3. The Labute approximate surface area is 200 Å². The molecular formula is C30H41NO2. The molecule has 0 amide bonds. The summed E-state index contributed by atoms with van der Waals surface area (Å²) in [5.74, 6) is -0.256. The van der Waals surface area contributed by atoms with Crippen molar-refractivity contribution in [3.05, 3.63) is 69.8 Å². The van der Waals surface area contributed by atoms with Crippen molar-refractivity contribution in [2.24, 2.45) is 0 Å². The third-order valence-electron chi connectivity index (χ3n) is 7.38. The number of carbonyl (C=O) groups is 1. The van der Waals surface area contributed by atoms with Gasteiger partial charge in [-0.1, -0.05) is 78.0 Å². The second-order valence-corrected chi connectivity index (χ2v) is 10.6. The van der Waals surface area contributed by atoms with E-state index in [9.17, 15) is 4.79 Å². The van der Waals surface area contributed by atoms with E-state index in [-0.39, 0.29) is 16.8 Å². The predicted octanol–water partition coefficient (Wildman–Crippen LogP) is 7.01. The highest BCUT2D eigenvalue weighted by atomic mass is 16.5. The molecule has 1 aliphatic carbocycles. The Bertz CT molecular complexity index is 995. The van der Waals surface area contributed by atoms with E-state index in [4.69, 9.17) is 4.74 Å². The Kier molecular flexibility index (Phi) is 7.84. The van der Waals surface area contributed by atoms with Gasteiger partial charge in [0.2, 0.25) is 0 Å². The van der Waals surface area contributed by atoms with Crippen molar-refractivity contribution in [3.63, 3.8) is 0 Å². The van der Waals surface area contributed by atoms with E-state index in [1.165, 1.54) is 35.1 Å². The fourth-order valence-electron chi connectivity index (χ4n) is 4.73. The lowest BCUT2D eigenvalue weighted by Crippen LogP contribution is -2.34. The van der Waals surface area contributed by atoms with E-state index in [0.717, 1.165) is 25.2 Å². The Balaban J connectivity index is 1.71. The van der Waals surface area contributed by atoms with Gasteiger partial charge in [0.1, 0.15) is 6.61 Å². The van der Waals surface area contributed by atoms with Crippen LogP contribution in [0.25, 0.3) is 12.2 Å². The van der Waals surface area contributed by atoms with E-state index in [1.807, 2.05) is 24.3 Å². The molecule has 0 saturated heterocycles. The van der Waals surface area contributed by atoms with Crippen LogP contribution in [0.15, 0.2) is 36.4 Å². The molecule has 2 aromatic carbocycles. The number of fused-ring (bicyclic) bond motifs is 1. The Morgan fingerprint density at radius 3 is 2.09 bits per heavy atom. The number of ether oxygens (including phenoxy) is 1. The summed E-state index contributed by atoms with van der Waals surface area (Å²) in [4.78, 5) is 14.6. The highest BCUT2D eigenvalue weighted by Crippen LogP contribution is 2.46. The number of aryl methyl sites for hydroxylation is 1. The number of hydrogen-bond acceptors (Lipinski definition) is 3. The van der Waals surface area contributed by atoms with Gasteiger partial charge in [-0.05, 0) is 83.6 Å². The highest BCUT2D eigenvalue weighted by Gasteiger charge is 2.37. The molecular weight excluding hydrogens is 406 g/mol. The molecule has 3 rings (SSSR count). The first kappa shape index (κ1) is 25.2. The predicted molar refractivity (Wildman–Crippen MR) is 140 cm³/mol. The molecule has 0 spiro atoms. The topological polar surface area (TPSA) is 29.5 Å². The van der Waals surface area contributed by atoms with Gasteiger partial charge < -0.3 is 9.64 Å². The number of likely N-dealkylation sites (N-methyl/N-ethyl adjacent to an activating group) is 1. The zero-order valence-electron chi connectivity index (χ0n) is 21.6. The molecule has 3 heteroatoms. The van der Waals surface area contributed by atoms with Crippen LogP contribution in [0.5, 0.6) is 0 Å². The monoisotopic (exact) mass is 447 g/mol. The average Bonchev–Trinajstić information content (AvgIpc) is 2.79. The summed E-state index contributed by atoms with van der Waals surface area (Å²) in [5.41, 5.74) is 7.65. The molecule has 0 fully saturated rings. The van der Waals surface area contributed by atoms with Crippen LogP contribution in [0, 0.1) is 6.92 Å². The highest BCUT2D eigenvalue weighted by molar-refractivity contribution is 5.89. The molecule has 0 unspecified atom stereocenters. The van der Waals surface area contributed by atoms with Crippen LogP contribution in [0.4, 0.5) is 0 Å². The lowest BCUT2D eigenvalue weighted by atomic mass is 9.62. The molecule has 0 N–H and O–H groups in total. The third kappa shape index (κ3) is 5.95. The fourth-order valence-corrected chi connectivity index (χ4v) is 4.73. The number of carbonyl (C=O) groups excluding carboxylic acids is 1. The summed E-state index contributed by atoms with van der Waals surface area (Å²) in [7, 11) is 0. The second-order valence-electron chi connectivity index (χ2n) is 10.6. The first-order valence-electron chi connectivity index (χ1n) is 12.4. The summed E-state index contributed by atoms with van der Waals surface area (Å²) in [6.45, 7) is 19.0. The standard InChI is InChI=1S/C30H41NO2/c1-8-31(9-2)18-19-33-28(32)24-13-10-23(11-14-24)12-15-25-21-27-26(20-22(25)3)29(4,5)16-17-30(27,6)7/h10-15,20-21H,8-9,16-19H2,1-7H3. The number of rotatable bonds is 8. The summed E-state index contributed by atoms with van der Waals surface area (Å²) in [5, 5.41) is 0. The molecule has 178 valence electrons. The first-order valence-corrected chi connectivity index (χ1v) is 12.4. The van der Waals surface area contributed by atoms with E-state index in [2.05, 4.69) is 77.7 Å². The maximum Gasteiger partial charge on any atom is 0.338 e. The zero-order chi connectivity index (χ0) is 24.2. The minimum atomic E-state index is -0.256. The Morgan fingerprint density at radius 2 is 1.52 bits per heavy atom. The Hall–Kier alpha value is -2.39. The van der Waals surface area contributed by atoms with E-state index < -0.39 is 0 Å². The van der Waals surface area contributed by atoms with Gasteiger partial charge >= 0.3 is 5.97 Å². The van der Waals surface area contributed by atoms with Crippen molar-refractivity contribution in [2.45, 2.75) is 72.1 Å². The van der Waals surface area contributed by atoms with Gasteiger partial charge in [0.05, 0.1) is 5.56 Å². The summed E-state index contributed by atoms with van der Waals surface area (Å²) in [6, 6.07) is 12.5. The molecule has 1 aliphatic rings. The van der Waals surface area contributed by atoms with Gasteiger partial charge in [0.15, 0.2) is 0 Å². The normalized spacial score (nSPS) is 16.7. The molecule has 2 aromatic rings. The molecule has 0 aliphatic heterocycles. The molecule has 0 atom stereocenters. The number of esters is 1. The van der Waals surface area contributed by atoms with Crippen LogP contribution in [0.3, 0.4) is 0 Å². The van der Waals surface area contributed by atoms with Crippen LogP contribution < -0.4 is 0 Å². The molecule has 0 saturated carbocycles.